The maximum Gasteiger partial charge on any atom is 0.320 e. The third-order valence-electron chi connectivity index (χ3n) is 8.91. The zero-order chi connectivity index (χ0) is 26.2. The van der Waals surface area contributed by atoms with Gasteiger partial charge in [-0.05, 0) is 41.7 Å². The molecule has 0 bridgehead atoms. The van der Waals surface area contributed by atoms with E-state index in [-0.39, 0.29) is 24.2 Å². The number of benzene rings is 1. The van der Waals surface area contributed by atoms with Gasteiger partial charge in [0.15, 0.2) is 0 Å². The van der Waals surface area contributed by atoms with Gasteiger partial charge < -0.3 is 20.2 Å². The summed E-state index contributed by atoms with van der Waals surface area (Å²) >= 11 is 1.65. The average molecular weight is 534 g/mol. The number of carbonyl (C=O) groups excluding carboxylic acids is 1. The molecule has 2 aromatic heterocycles. The standard InChI is InChI=1S/C29H35N5O3S/c35-26-16-24(22-6-2-1-3-7-22)31-21-33(26)20-29(37)11-13-32(19-28(29)9-4-5-10-28)27(36)34-14-12-30-17-25(34)23-8-15-38-18-23/h1-3,6-8,15-16,18,21,25,30,37H,4-5,9-14,17,19-20H2/t25?,29-/m1/s1. The highest BCUT2D eigenvalue weighted by Crippen LogP contribution is 2.51. The Morgan fingerprint density at radius 3 is 2.68 bits per heavy atom. The summed E-state index contributed by atoms with van der Waals surface area (Å²) in [5.41, 5.74) is 1.03. The van der Waals surface area contributed by atoms with Crippen molar-refractivity contribution in [2.75, 3.05) is 32.7 Å². The smallest absolute Gasteiger partial charge is 0.320 e. The highest BCUT2D eigenvalue weighted by molar-refractivity contribution is 7.08. The van der Waals surface area contributed by atoms with Gasteiger partial charge in [-0.15, -0.1) is 0 Å². The number of aliphatic hydroxyl groups is 1. The summed E-state index contributed by atoms with van der Waals surface area (Å²) in [5, 5.41) is 19.8. The van der Waals surface area contributed by atoms with Crippen LogP contribution in [0.15, 0.2) is 64.3 Å². The summed E-state index contributed by atoms with van der Waals surface area (Å²) in [6.45, 7) is 3.39. The second-order valence-corrected chi connectivity index (χ2v) is 11.8. The van der Waals surface area contributed by atoms with E-state index in [1.165, 1.54) is 5.56 Å². The number of carbonyl (C=O) groups is 1. The van der Waals surface area contributed by atoms with Crippen LogP contribution in [0.2, 0.25) is 0 Å². The molecular formula is C29H35N5O3S. The first-order chi connectivity index (χ1) is 18.5. The molecule has 1 saturated carbocycles. The fraction of sp³-hybridized carbons (Fsp3) is 0.483. The van der Waals surface area contributed by atoms with Crippen LogP contribution in [0, 0.1) is 5.41 Å². The number of likely N-dealkylation sites (tertiary alicyclic amines) is 1. The van der Waals surface area contributed by atoms with Gasteiger partial charge in [-0.2, -0.15) is 11.3 Å². The lowest BCUT2D eigenvalue weighted by Gasteiger charge is -2.53. The minimum Gasteiger partial charge on any atom is -0.387 e. The first kappa shape index (κ1) is 25.3. The van der Waals surface area contributed by atoms with E-state index in [2.05, 4.69) is 27.1 Å². The molecule has 1 spiro atoms. The molecule has 6 rings (SSSR count). The van der Waals surface area contributed by atoms with Crippen molar-refractivity contribution in [2.24, 2.45) is 5.41 Å². The lowest BCUT2D eigenvalue weighted by atomic mass is 9.66. The molecule has 2 amide bonds. The van der Waals surface area contributed by atoms with Gasteiger partial charge in [0.2, 0.25) is 0 Å². The van der Waals surface area contributed by atoms with Crippen LogP contribution in [0.4, 0.5) is 4.79 Å². The van der Waals surface area contributed by atoms with Crippen molar-refractivity contribution in [1.82, 2.24) is 24.7 Å². The summed E-state index contributed by atoms with van der Waals surface area (Å²) in [6, 6.07) is 13.4. The van der Waals surface area contributed by atoms with Crippen molar-refractivity contribution in [2.45, 2.75) is 50.3 Å². The molecule has 38 heavy (non-hydrogen) atoms. The number of urea groups is 1. The van der Waals surface area contributed by atoms with Crippen LogP contribution in [0.3, 0.4) is 0 Å². The van der Waals surface area contributed by atoms with Gasteiger partial charge in [-0.25, -0.2) is 9.78 Å². The summed E-state index contributed by atoms with van der Waals surface area (Å²) in [5.74, 6) is 0. The maximum atomic E-state index is 13.9. The van der Waals surface area contributed by atoms with Gasteiger partial charge in [-0.1, -0.05) is 43.2 Å². The predicted octanol–water partition coefficient (Wildman–Crippen LogP) is 3.74. The molecular weight excluding hydrogens is 498 g/mol. The van der Waals surface area contributed by atoms with E-state index in [0.717, 1.165) is 44.3 Å². The Hall–Kier alpha value is -3.01. The molecule has 1 aromatic carbocycles. The van der Waals surface area contributed by atoms with E-state index in [1.807, 2.05) is 40.1 Å². The monoisotopic (exact) mass is 533 g/mol. The van der Waals surface area contributed by atoms with E-state index in [9.17, 15) is 14.7 Å². The van der Waals surface area contributed by atoms with Crippen LogP contribution in [-0.2, 0) is 6.54 Å². The molecule has 2 saturated heterocycles. The van der Waals surface area contributed by atoms with Gasteiger partial charge in [0.1, 0.15) is 0 Å². The topological polar surface area (TPSA) is 90.7 Å². The Kier molecular flexibility index (Phi) is 6.84. The van der Waals surface area contributed by atoms with E-state index in [4.69, 9.17) is 0 Å². The Labute approximate surface area is 226 Å². The summed E-state index contributed by atoms with van der Waals surface area (Å²) in [6.07, 6.45) is 5.77. The molecule has 9 heteroatoms. The lowest BCUT2D eigenvalue weighted by Crippen LogP contribution is -2.64. The van der Waals surface area contributed by atoms with Crippen LogP contribution in [0.25, 0.3) is 11.3 Å². The SMILES string of the molecule is O=C(N1CC[C@@](O)(Cn2cnc(-c3ccccc3)cc2=O)C2(CCCC2)C1)N1CCNCC1c1ccsc1. The molecule has 2 aliphatic heterocycles. The zero-order valence-corrected chi connectivity index (χ0v) is 22.4. The van der Waals surface area contributed by atoms with E-state index in [1.54, 1.807) is 28.3 Å². The van der Waals surface area contributed by atoms with Gasteiger partial charge >= 0.3 is 6.03 Å². The van der Waals surface area contributed by atoms with E-state index < -0.39 is 11.0 Å². The van der Waals surface area contributed by atoms with Crippen LogP contribution in [0.5, 0.6) is 0 Å². The molecule has 8 nitrogen and oxygen atoms in total. The number of hydrogen-bond acceptors (Lipinski definition) is 6. The molecule has 3 fully saturated rings. The third kappa shape index (κ3) is 4.57. The molecule has 2 atom stereocenters. The fourth-order valence-electron chi connectivity index (χ4n) is 6.73. The maximum absolute atomic E-state index is 13.9. The number of thiophene rings is 1. The van der Waals surface area contributed by atoms with Crippen molar-refractivity contribution in [1.29, 1.82) is 0 Å². The minimum absolute atomic E-state index is 0.0237. The summed E-state index contributed by atoms with van der Waals surface area (Å²) < 4.78 is 1.55. The van der Waals surface area contributed by atoms with Crippen LogP contribution in [-0.4, -0.2) is 68.8 Å². The minimum atomic E-state index is -1.07. The molecule has 2 N–H and O–H groups in total. The summed E-state index contributed by atoms with van der Waals surface area (Å²) in [7, 11) is 0. The Bertz CT molecular complexity index is 1320. The number of amides is 2. The molecule has 3 aromatic rings. The first-order valence-electron chi connectivity index (χ1n) is 13.6. The van der Waals surface area contributed by atoms with Crippen molar-refractivity contribution >= 4 is 17.4 Å². The number of nitrogens with zero attached hydrogens (tertiary/aromatic N) is 4. The number of nitrogens with one attached hydrogen (secondary N) is 1. The van der Waals surface area contributed by atoms with Crippen molar-refractivity contribution in [3.63, 3.8) is 0 Å². The molecule has 1 unspecified atom stereocenters. The normalized spacial score (nSPS) is 25.1. The zero-order valence-electron chi connectivity index (χ0n) is 21.6. The second kappa shape index (κ2) is 10.3. The second-order valence-electron chi connectivity index (χ2n) is 11.0. The Balaban J connectivity index is 1.23. The fourth-order valence-corrected chi connectivity index (χ4v) is 7.44. The van der Waals surface area contributed by atoms with Crippen LogP contribution < -0.4 is 10.9 Å². The van der Waals surface area contributed by atoms with E-state index >= 15 is 0 Å². The Morgan fingerprint density at radius 1 is 1.13 bits per heavy atom. The largest absolute Gasteiger partial charge is 0.387 e. The number of hydrogen-bond donors (Lipinski definition) is 2. The number of piperazine rings is 1. The van der Waals surface area contributed by atoms with Gasteiger partial charge in [-0.3, -0.25) is 9.36 Å². The number of rotatable bonds is 4. The number of piperidine rings is 1. The van der Waals surface area contributed by atoms with Crippen molar-refractivity contribution in [3.8, 4) is 11.3 Å². The van der Waals surface area contributed by atoms with Gasteiger partial charge in [0.05, 0.1) is 30.2 Å². The van der Waals surface area contributed by atoms with Crippen LogP contribution >= 0.6 is 11.3 Å². The van der Waals surface area contributed by atoms with Gasteiger partial charge in [0, 0.05) is 49.8 Å². The molecule has 1 aliphatic carbocycles. The highest BCUT2D eigenvalue weighted by Gasteiger charge is 2.56. The predicted molar refractivity (Wildman–Crippen MR) is 148 cm³/mol. The molecule has 0 radical (unpaired) electrons. The first-order valence-corrected chi connectivity index (χ1v) is 14.6. The van der Waals surface area contributed by atoms with E-state index in [0.29, 0.717) is 31.7 Å². The number of aromatic nitrogens is 2. The lowest BCUT2D eigenvalue weighted by molar-refractivity contribution is -0.137. The van der Waals surface area contributed by atoms with Crippen LogP contribution in [0.1, 0.15) is 43.7 Å². The van der Waals surface area contributed by atoms with Crippen molar-refractivity contribution < 1.29 is 9.90 Å². The average Bonchev–Trinajstić information content (AvgIpc) is 3.65. The Morgan fingerprint density at radius 2 is 1.95 bits per heavy atom. The quantitative estimate of drug-likeness (QED) is 0.533. The third-order valence-corrected chi connectivity index (χ3v) is 9.61. The summed E-state index contributed by atoms with van der Waals surface area (Å²) in [4.78, 5) is 35.5. The molecule has 3 aliphatic rings. The van der Waals surface area contributed by atoms with Crippen molar-refractivity contribution in [3.05, 3.63) is 75.5 Å². The molecule has 4 heterocycles. The molecule has 200 valence electrons. The highest BCUT2D eigenvalue weighted by atomic mass is 32.1. The van der Waals surface area contributed by atoms with Gasteiger partial charge in [0.25, 0.3) is 5.56 Å².